The summed E-state index contributed by atoms with van der Waals surface area (Å²) in [4.78, 5) is 11.0. The van der Waals surface area contributed by atoms with E-state index in [9.17, 15) is 13.6 Å². The predicted molar refractivity (Wildman–Crippen MR) is 49.1 cm³/mol. The molecule has 14 heavy (non-hydrogen) atoms. The lowest BCUT2D eigenvalue weighted by atomic mass is 10.1. The summed E-state index contributed by atoms with van der Waals surface area (Å²) in [7, 11) is 0. The summed E-state index contributed by atoms with van der Waals surface area (Å²) in [5, 5.41) is 0. The van der Waals surface area contributed by atoms with Crippen molar-refractivity contribution in [1.29, 1.82) is 0 Å². The molecule has 0 rings (SSSR count). The average Bonchev–Trinajstić information content (AvgIpc) is 1.98. The second-order valence-electron chi connectivity index (χ2n) is 4.15. The minimum atomic E-state index is -2.98. The van der Waals surface area contributed by atoms with Crippen LogP contribution >= 0.6 is 0 Å². The first kappa shape index (κ1) is 13.3. The van der Waals surface area contributed by atoms with Gasteiger partial charge in [-0.15, -0.1) is 0 Å². The van der Waals surface area contributed by atoms with Crippen LogP contribution in [-0.2, 0) is 9.53 Å². The van der Waals surface area contributed by atoms with E-state index < -0.39 is 30.5 Å². The molecule has 0 bridgehead atoms. The number of carbonyl (C=O) groups excluding carboxylic acids is 1. The Labute approximate surface area is 82.6 Å². The second-order valence-corrected chi connectivity index (χ2v) is 4.15. The van der Waals surface area contributed by atoms with Crippen LogP contribution in [0, 0.1) is 0 Å². The van der Waals surface area contributed by atoms with Crippen molar-refractivity contribution in [1.82, 2.24) is 0 Å². The Kier molecular flexibility index (Phi) is 4.45. The third kappa shape index (κ3) is 6.77. The van der Waals surface area contributed by atoms with E-state index in [-0.39, 0.29) is 6.42 Å². The number of hydrogen-bond acceptors (Lipinski definition) is 3. The molecule has 0 unspecified atom stereocenters. The van der Waals surface area contributed by atoms with Crippen LogP contribution in [0.1, 0.15) is 33.6 Å². The van der Waals surface area contributed by atoms with Crippen molar-refractivity contribution in [2.45, 2.75) is 45.1 Å². The number of nitrogens with two attached hydrogens (primary N) is 1. The topological polar surface area (TPSA) is 52.3 Å². The number of alkyl halides is 2. The molecule has 0 amide bonds. The molecular formula is C9H17F2NO2. The molecular weight excluding hydrogens is 192 g/mol. The van der Waals surface area contributed by atoms with Crippen molar-refractivity contribution in [3.63, 3.8) is 0 Å². The number of carbonyl (C=O) groups is 1. The highest BCUT2D eigenvalue weighted by molar-refractivity contribution is 5.69. The monoisotopic (exact) mass is 209 g/mol. The zero-order valence-corrected chi connectivity index (χ0v) is 8.77. The van der Waals surface area contributed by atoms with Gasteiger partial charge in [0.25, 0.3) is 5.92 Å². The first-order chi connectivity index (χ1) is 6.16. The third-order valence-electron chi connectivity index (χ3n) is 1.41. The molecule has 3 nitrogen and oxygen atoms in total. The van der Waals surface area contributed by atoms with Crippen LogP contribution in [-0.4, -0.2) is 24.0 Å². The van der Waals surface area contributed by atoms with Gasteiger partial charge in [0.2, 0.25) is 0 Å². The fourth-order valence-electron chi connectivity index (χ4n) is 0.780. The first-order valence-electron chi connectivity index (χ1n) is 4.46. The van der Waals surface area contributed by atoms with E-state index in [0.29, 0.717) is 0 Å². The summed E-state index contributed by atoms with van der Waals surface area (Å²) >= 11 is 0. The average molecular weight is 209 g/mol. The molecule has 5 heteroatoms. The van der Waals surface area contributed by atoms with Gasteiger partial charge in [0, 0.05) is 6.42 Å². The largest absolute Gasteiger partial charge is 0.460 e. The molecule has 0 aromatic heterocycles. The number of esters is 1. The molecule has 2 N–H and O–H groups in total. The Morgan fingerprint density at radius 2 is 1.86 bits per heavy atom. The number of rotatable bonds is 4. The lowest BCUT2D eigenvalue weighted by Crippen LogP contribution is -2.30. The molecule has 0 aliphatic heterocycles. The van der Waals surface area contributed by atoms with Crippen LogP contribution in [0.5, 0.6) is 0 Å². The van der Waals surface area contributed by atoms with Crippen molar-refractivity contribution in [3.8, 4) is 0 Å². The first-order valence-corrected chi connectivity index (χ1v) is 4.46. The molecule has 0 saturated carbocycles. The molecule has 0 atom stereocenters. The number of ether oxygens (including phenoxy) is 1. The number of halogens is 2. The molecule has 0 aliphatic carbocycles. The van der Waals surface area contributed by atoms with E-state index in [1.807, 2.05) is 0 Å². The Balaban J connectivity index is 3.87. The van der Waals surface area contributed by atoms with Crippen molar-refractivity contribution in [2.75, 3.05) is 6.54 Å². The maximum atomic E-state index is 12.6. The lowest BCUT2D eigenvalue weighted by Gasteiger charge is -2.20. The Morgan fingerprint density at radius 1 is 1.36 bits per heavy atom. The van der Waals surface area contributed by atoms with Crippen LogP contribution in [0.4, 0.5) is 8.78 Å². The van der Waals surface area contributed by atoms with Gasteiger partial charge in [-0.1, -0.05) is 0 Å². The van der Waals surface area contributed by atoms with Crippen molar-refractivity contribution < 1.29 is 18.3 Å². The lowest BCUT2D eigenvalue weighted by molar-refractivity contribution is -0.156. The Hall–Kier alpha value is -0.710. The van der Waals surface area contributed by atoms with Crippen LogP contribution in [0.3, 0.4) is 0 Å². The minimum absolute atomic E-state index is 0.304. The van der Waals surface area contributed by atoms with Gasteiger partial charge in [-0.3, -0.25) is 4.79 Å². The summed E-state index contributed by atoms with van der Waals surface area (Å²) in [5.41, 5.74) is 4.19. The van der Waals surface area contributed by atoms with E-state index in [1.54, 1.807) is 20.8 Å². The second kappa shape index (κ2) is 4.68. The normalized spacial score (nSPS) is 12.7. The van der Waals surface area contributed by atoms with Crippen LogP contribution < -0.4 is 5.73 Å². The smallest absolute Gasteiger partial charge is 0.306 e. The van der Waals surface area contributed by atoms with E-state index >= 15 is 0 Å². The van der Waals surface area contributed by atoms with Crippen LogP contribution in [0.15, 0.2) is 0 Å². The highest BCUT2D eigenvalue weighted by Crippen LogP contribution is 2.19. The molecule has 0 saturated heterocycles. The van der Waals surface area contributed by atoms with Gasteiger partial charge in [0.05, 0.1) is 13.0 Å². The van der Waals surface area contributed by atoms with Crippen molar-refractivity contribution in [2.24, 2.45) is 5.73 Å². The van der Waals surface area contributed by atoms with Gasteiger partial charge in [0.1, 0.15) is 5.60 Å². The predicted octanol–water partition coefficient (Wildman–Crippen LogP) is 1.70. The fourth-order valence-corrected chi connectivity index (χ4v) is 0.780. The zero-order chi connectivity index (χ0) is 11.4. The molecule has 0 aromatic rings. The van der Waals surface area contributed by atoms with Crippen molar-refractivity contribution >= 4 is 5.97 Å². The summed E-state index contributed by atoms with van der Waals surface area (Å²) in [6.07, 6.45) is -0.861. The Bertz CT molecular complexity index is 199. The van der Waals surface area contributed by atoms with E-state index in [2.05, 4.69) is 0 Å². The van der Waals surface area contributed by atoms with Gasteiger partial charge in [-0.05, 0) is 20.8 Å². The molecule has 0 radical (unpaired) electrons. The summed E-state index contributed by atoms with van der Waals surface area (Å²) in [5.74, 6) is -3.60. The molecule has 0 aliphatic rings. The van der Waals surface area contributed by atoms with Crippen molar-refractivity contribution in [3.05, 3.63) is 0 Å². The summed E-state index contributed by atoms with van der Waals surface area (Å²) in [6.45, 7) is 4.32. The summed E-state index contributed by atoms with van der Waals surface area (Å²) in [6, 6.07) is 0. The molecule has 0 heterocycles. The van der Waals surface area contributed by atoms with Crippen LogP contribution in [0.2, 0.25) is 0 Å². The molecule has 0 spiro atoms. The Morgan fingerprint density at radius 3 is 2.21 bits per heavy atom. The van der Waals surface area contributed by atoms with E-state index in [1.165, 1.54) is 0 Å². The maximum Gasteiger partial charge on any atom is 0.306 e. The third-order valence-corrected chi connectivity index (χ3v) is 1.41. The standard InChI is InChI=1S/C9H17F2NO2/c1-8(2,3)14-7(13)4-5-9(10,11)6-12/h4-6,12H2,1-3H3. The van der Waals surface area contributed by atoms with Gasteiger partial charge >= 0.3 is 5.97 Å². The summed E-state index contributed by atoms with van der Waals surface area (Å²) < 4.78 is 30.1. The zero-order valence-electron chi connectivity index (χ0n) is 8.77. The fraction of sp³-hybridized carbons (Fsp3) is 0.889. The van der Waals surface area contributed by atoms with E-state index in [0.717, 1.165) is 0 Å². The number of hydrogen-bond donors (Lipinski definition) is 1. The van der Waals surface area contributed by atoms with Gasteiger partial charge < -0.3 is 10.5 Å². The SMILES string of the molecule is CC(C)(C)OC(=O)CCC(F)(F)CN. The highest BCUT2D eigenvalue weighted by Gasteiger charge is 2.28. The van der Waals surface area contributed by atoms with Gasteiger partial charge in [-0.25, -0.2) is 8.78 Å². The maximum absolute atomic E-state index is 12.6. The van der Waals surface area contributed by atoms with E-state index in [4.69, 9.17) is 10.5 Å². The highest BCUT2D eigenvalue weighted by atomic mass is 19.3. The van der Waals surface area contributed by atoms with Gasteiger partial charge in [-0.2, -0.15) is 0 Å². The van der Waals surface area contributed by atoms with Crippen LogP contribution in [0.25, 0.3) is 0 Å². The minimum Gasteiger partial charge on any atom is -0.460 e. The molecule has 0 aromatic carbocycles. The quantitative estimate of drug-likeness (QED) is 0.717. The molecule has 0 fully saturated rings. The van der Waals surface area contributed by atoms with Gasteiger partial charge in [0.15, 0.2) is 0 Å². The molecule has 84 valence electrons.